The van der Waals surface area contributed by atoms with Crippen LogP contribution in [-0.4, -0.2) is 12.8 Å². The predicted molar refractivity (Wildman–Crippen MR) is 90.8 cm³/mol. The highest BCUT2D eigenvalue weighted by Gasteiger charge is 2.59. The summed E-state index contributed by atoms with van der Waals surface area (Å²) in [6.07, 6.45) is 14.3. The molecule has 0 spiro atoms. The van der Waals surface area contributed by atoms with Crippen LogP contribution in [0.2, 0.25) is 0 Å². The highest BCUT2D eigenvalue weighted by Crippen LogP contribution is 2.65. The maximum Gasteiger partial charge on any atom is 0.106 e. The van der Waals surface area contributed by atoms with Crippen LogP contribution in [0.15, 0.2) is 5.16 Å². The maximum atomic E-state index is 5.22. The average Bonchev–Trinajstić information content (AvgIpc) is 2.84. The smallest absolute Gasteiger partial charge is 0.106 e. The molecule has 0 amide bonds. The van der Waals surface area contributed by atoms with Crippen LogP contribution in [0.4, 0.5) is 0 Å². The van der Waals surface area contributed by atoms with Crippen molar-refractivity contribution in [1.82, 2.24) is 0 Å². The van der Waals surface area contributed by atoms with Crippen molar-refractivity contribution in [2.45, 2.75) is 78.1 Å². The van der Waals surface area contributed by atoms with Gasteiger partial charge in [0.1, 0.15) is 7.11 Å². The van der Waals surface area contributed by atoms with Gasteiger partial charge in [0.2, 0.25) is 0 Å². The van der Waals surface area contributed by atoms with Crippen molar-refractivity contribution in [3.8, 4) is 0 Å². The molecule has 0 unspecified atom stereocenters. The highest BCUT2D eigenvalue weighted by molar-refractivity contribution is 5.89. The van der Waals surface area contributed by atoms with Gasteiger partial charge in [-0.25, -0.2) is 0 Å². The third-order valence-electron chi connectivity index (χ3n) is 8.39. The van der Waals surface area contributed by atoms with Gasteiger partial charge in [0.25, 0.3) is 0 Å². The first-order valence-electron chi connectivity index (χ1n) is 9.68. The fourth-order valence-electron chi connectivity index (χ4n) is 7.30. The molecule has 0 bridgehead atoms. The summed E-state index contributed by atoms with van der Waals surface area (Å²) in [5, 5.41) is 4.49. The number of fused-ring (bicyclic) bond motifs is 5. The van der Waals surface area contributed by atoms with Crippen LogP contribution in [-0.2, 0) is 4.84 Å². The summed E-state index contributed by atoms with van der Waals surface area (Å²) in [5.41, 5.74) is 2.54. The molecular formula is C20H33NO. The first-order valence-corrected chi connectivity index (χ1v) is 9.68. The van der Waals surface area contributed by atoms with E-state index in [4.69, 9.17) is 4.84 Å². The van der Waals surface area contributed by atoms with Gasteiger partial charge >= 0.3 is 0 Å². The summed E-state index contributed by atoms with van der Waals surface area (Å²) in [4.78, 5) is 5.22. The Labute approximate surface area is 136 Å². The monoisotopic (exact) mass is 303 g/mol. The fourth-order valence-corrected chi connectivity index (χ4v) is 7.30. The van der Waals surface area contributed by atoms with Crippen molar-refractivity contribution in [1.29, 1.82) is 0 Å². The zero-order valence-corrected chi connectivity index (χ0v) is 14.7. The lowest BCUT2D eigenvalue weighted by Gasteiger charge is -2.59. The van der Waals surface area contributed by atoms with Gasteiger partial charge in [-0.05, 0) is 80.0 Å². The van der Waals surface area contributed by atoms with E-state index in [1.54, 1.807) is 7.11 Å². The van der Waals surface area contributed by atoms with Crippen LogP contribution in [0.5, 0.6) is 0 Å². The largest absolute Gasteiger partial charge is 0.399 e. The molecule has 22 heavy (non-hydrogen) atoms. The molecule has 0 aromatic rings. The van der Waals surface area contributed by atoms with Gasteiger partial charge in [-0.3, -0.25) is 0 Å². The molecule has 0 saturated heterocycles. The van der Waals surface area contributed by atoms with E-state index in [0.717, 1.165) is 17.8 Å². The quantitative estimate of drug-likeness (QED) is 0.593. The number of hydrogen-bond acceptors (Lipinski definition) is 2. The number of rotatable bonds is 1. The van der Waals surface area contributed by atoms with Crippen LogP contribution >= 0.6 is 0 Å². The summed E-state index contributed by atoms with van der Waals surface area (Å²) < 4.78 is 0. The molecule has 0 aromatic carbocycles. The third kappa shape index (κ3) is 2.01. The van der Waals surface area contributed by atoms with E-state index in [1.165, 1.54) is 69.9 Å². The zero-order valence-electron chi connectivity index (χ0n) is 14.7. The van der Waals surface area contributed by atoms with Crippen LogP contribution < -0.4 is 0 Å². The normalized spacial score (nSPS) is 52.8. The van der Waals surface area contributed by atoms with Crippen molar-refractivity contribution in [2.24, 2.45) is 39.7 Å². The second-order valence-corrected chi connectivity index (χ2v) is 9.23. The van der Waals surface area contributed by atoms with Crippen molar-refractivity contribution in [3.05, 3.63) is 0 Å². The molecular weight excluding hydrogens is 270 g/mol. The van der Waals surface area contributed by atoms with Gasteiger partial charge in [-0.1, -0.05) is 31.8 Å². The van der Waals surface area contributed by atoms with Crippen molar-refractivity contribution >= 4 is 5.71 Å². The molecule has 0 radical (unpaired) electrons. The lowest BCUT2D eigenvalue weighted by Crippen LogP contribution is -2.53. The molecule has 0 N–H and O–H groups in total. The molecule has 0 heterocycles. The van der Waals surface area contributed by atoms with Gasteiger partial charge in [0, 0.05) is 5.92 Å². The van der Waals surface area contributed by atoms with E-state index in [2.05, 4.69) is 19.0 Å². The number of hydrogen-bond donors (Lipinski definition) is 0. The van der Waals surface area contributed by atoms with Gasteiger partial charge in [0.15, 0.2) is 0 Å². The molecule has 124 valence electrons. The van der Waals surface area contributed by atoms with Gasteiger partial charge in [-0.15, -0.1) is 0 Å². The van der Waals surface area contributed by atoms with Crippen LogP contribution in [0.1, 0.15) is 78.1 Å². The Morgan fingerprint density at radius 3 is 2.68 bits per heavy atom. The van der Waals surface area contributed by atoms with E-state index in [9.17, 15) is 0 Å². The van der Waals surface area contributed by atoms with E-state index in [1.807, 2.05) is 0 Å². The summed E-state index contributed by atoms with van der Waals surface area (Å²) in [5.74, 6) is 3.56. The Hall–Kier alpha value is -0.530. The van der Waals surface area contributed by atoms with Crippen LogP contribution in [0, 0.1) is 34.5 Å². The highest BCUT2D eigenvalue weighted by atomic mass is 16.6. The molecule has 4 saturated carbocycles. The van der Waals surface area contributed by atoms with Gasteiger partial charge in [0.05, 0.1) is 5.71 Å². The number of oxime groups is 1. The molecule has 6 atom stereocenters. The maximum absolute atomic E-state index is 5.22. The topological polar surface area (TPSA) is 21.6 Å². The standard InChI is InChI=1S/C20H33NO/c1-19-12-9-16-15(18(19)17(10-13-19)21-22-3)8-7-14-6-4-5-11-20(14,16)2/h14-16,18H,4-13H2,1-3H3/t14-,15-,16+,18-,19-,20+/m1/s1. The fraction of sp³-hybridized carbons (Fsp3) is 0.950. The van der Waals surface area contributed by atoms with E-state index >= 15 is 0 Å². The van der Waals surface area contributed by atoms with E-state index < -0.39 is 0 Å². The van der Waals surface area contributed by atoms with E-state index in [0.29, 0.717) is 16.7 Å². The molecule has 2 nitrogen and oxygen atoms in total. The Morgan fingerprint density at radius 1 is 1.00 bits per heavy atom. The van der Waals surface area contributed by atoms with Crippen molar-refractivity contribution in [2.75, 3.05) is 7.11 Å². The molecule has 4 fully saturated rings. The van der Waals surface area contributed by atoms with Crippen molar-refractivity contribution in [3.63, 3.8) is 0 Å². The summed E-state index contributed by atoms with van der Waals surface area (Å²) >= 11 is 0. The lowest BCUT2D eigenvalue weighted by molar-refractivity contribution is -0.0911. The number of nitrogens with zero attached hydrogens (tertiary/aromatic N) is 1. The molecule has 4 aliphatic carbocycles. The molecule has 0 aliphatic heterocycles. The lowest BCUT2D eigenvalue weighted by atomic mass is 9.45. The molecule has 2 heteroatoms. The zero-order chi connectivity index (χ0) is 15.4. The minimum atomic E-state index is 0.510. The summed E-state index contributed by atoms with van der Waals surface area (Å²) in [6.45, 7) is 5.19. The average molecular weight is 303 g/mol. The Bertz CT molecular complexity index is 472. The molecule has 4 rings (SSSR count). The second-order valence-electron chi connectivity index (χ2n) is 9.23. The second kappa shape index (κ2) is 5.24. The van der Waals surface area contributed by atoms with Crippen LogP contribution in [0.3, 0.4) is 0 Å². The SMILES string of the molecule is CON=C1CC[C@@]2(C)CC[C@H]3[C@@H](CC[C@H]4CCCC[C@@]43C)[C@H]12. The Balaban J connectivity index is 1.68. The third-order valence-corrected chi connectivity index (χ3v) is 8.39. The minimum Gasteiger partial charge on any atom is -0.399 e. The van der Waals surface area contributed by atoms with E-state index in [-0.39, 0.29) is 0 Å². The predicted octanol–water partition coefficient (Wildman–Crippen LogP) is 5.42. The van der Waals surface area contributed by atoms with Crippen LogP contribution in [0.25, 0.3) is 0 Å². The summed E-state index contributed by atoms with van der Waals surface area (Å²) in [6, 6.07) is 0. The molecule has 4 aliphatic rings. The Morgan fingerprint density at radius 2 is 1.86 bits per heavy atom. The van der Waals surface area contributed by atoms with Gasteiger partial charge < -0.3 is 4.84 Å². The van der Waals surface area contributed by atoms with Crippen molar-refractivity contribution < 1.29 is 4.84 Å². The minimum absolute atomic E-state index is 0.510. The first kappa shape index (κ1) is 15.0. The van der Waals surface area contributed by atoms with Gasteiger partial charge in [-0.2, -0.15) is 0 Å². The molecule has 0 aromatic heterocycles. The summed E-state index contributed by atoms with van der Waals surface area (Å²) in [7, 11) is 1.72. The Kier molecular flexibility index (Phi) is 3.58. The first-order chi connectivity index (χ1) is 10.6.